The van der Waals surface area contributed by atoms with Gasteiger partial charge in [-0.15, -0.1) is 11.3 Å². The Morgan fingerprint density at radius 1 is 1.29 bits per heavy atom. The van der Waals surface area contributed by atoms with E-state index in [1.807, 2.05) is 26.0 Å². The van der Waals surface area contributed by atoms with Gasteiger partial charge < -0.3 is 15.3 Å². The van der Waals surface area contributed by atoms with Gasteiger partial charge in [-0.2, -0.15) is 0 Å². The molecule has 0 radical (unpaired) electrons. The average molecular weight is 367 g/mol. The van der Waals surface area contributed by atoms with Crippen molar-refractivity contribution >= 4 is 44.0 Å². The van der Waals surface area contributed by atoms with E-state index < -0.39 is 0 Å². The summed E-state index contributed by atoms with van der Waals surface area (Å²) in [6, 6.07) is 3.97. The van der Waals surface area contributed by atoms with Gasteiger partial charge in [0.05, 0.1) is 33.5 Å². The van der Waals surface area contributed by atoms with Gasteiger partial charge in [0.25, 0.3) is 0 Å². The number of aromatic nitrogens is 3. The van der Waals surface area contributed by atoms with Crippen LogP contribution in [-0.2, 0) is 0 Å². The highest BCUT2D eigenvalue weighted by atomic mass is 79.9. The number of hydrogen-bond acceptors (Lipinski definition) is 4. The molecule has 3 N–H and O–H groups in total. The minimum Gasteiger partial charge on any atom is -0.377 e. The molecular weight excluding hydrogens is 352 g/mol. The molecule has 0 aliphatic carbocycles. The van der Waals surface area contributed by atoms with Crippen molar-refractivity contribution in [2.45, 2.75) is 26.8 Å². The summed E-state index contributed by atoms with van der Waals surface area (Å²) in [6.07, 6.45) is 0. The SMILES string of the molecule is Cc1nc(C)c(C(C)Nc2cc3[nH]c(=O)[nH]c3cc2Br)s1. The summed E-state index contributed by atoms with van der Waals surface area (Å²) in [7, 11) is 0. The second-order valence-electron chi connectivity index (χ2n) is 5.01. The van der Waals surface area contributed by atoms with Gasteiger partial charge in [0, 0.05) is 9.35 Å². The number of H-pyrrole nitrogens is 2. The molecule has 7 heteroatoms. The maximum absolute atomic E-state index is 11.3. The first kappa shape index (κ1) is 14.3. The van der Waals surface area contributed by atoms with Crippen LogP contribution in [-0.4, -0.2) is 15.0 Å². The number of hydrogen-bond donors (Lipinski definition) is 3. The van der Waals surface area contributed by atoms with E-state index in [2.05, 4.69) is 43.1 Å². The molecule has 21 heavy (non-hydrogen) atoms. The van der Waals surface area contributed by atoms with Crippen LogP contribution in [0.25, 0.3) is 11.0 Å². The van der Waals surface area contributed by atoms with Crippen LogP contribution in [0, 0.1) is 13.8 Å². The topological polar surface area (TPSA) is 73.6 Å². The lowest BCUT2D eigenvalue weighted by molar-refractivity contribution is 0.889. The van der Waals surface area contributed by atoms with Crippen LogP contribution < -0.4 is 11.0 Å². The normalized spacial score (nSPS) is 12.8. The van der Waals surface area contributed by atoms with Crippen LogP contribution in [0.15, 0.2) is 21.4 Å². The van der Waals surface area contributed by atoms with Gasteiger partial charge in [0.1, 0.15) is 0 Å². The molecule has 2 aromatic heterocycles. The van der Waals surface area contributed by atoms with Crippen LogP contribution in [0.5, 0.6) is 0 Å². The molecule has 5 nitrogen and oxygen atoms in total. The Hall–Kier alpha value is -1.60. The largest absolute Gasteiger partial charge is 0.377 e. The summed E-state index contributed by atoms with van der Waals surface area (Å²) in [5.41, 5.74) is 3.38. The minimum absolute atomic E-state index is 0.149. The number of halogens is 1. The maximum Gasteiger partial charge on any atom is 0.323 e. The lowest BCUT2D eigenvalue weighted by Gasteiger charge is -2.15. The van der Waals surface area contributed by atoms with E-state index in [0.717, 1.165) is 31.9 Å². The van der Waals surface area contributed by atoms with E-state index in [1.165, 1.54) is 4.88 Å². The van der Waals surface area contributed by atoms with Crippen molar-refractivity contribution in [3.63, 3.8) is 0 Å². The van der Waals surface area contributed by atoms with E-state index in [9.17, 15) is 4.79 Å². The first-order valence-corrected chi connectivity index (χ1v) is 8.17. The van der Waals surface area contributed by atoms with Crippen molar-refractivity contribution in [3.8, 4) is 0 Å². The van der Waals surface area contributed by atoms with E-state index in [1.54, 1.807) is 11.3 Å². The van der Waals surface area contributed by atoms with Crippen molar-refractivity contribution in [1.82, 2.24) is 15.0 Å². The van der Waals surface area contributed by atoms with E-state index in [4.69, 9.17) is 0 Å². The second kappa shape index (κ2) is 5.31. The average Bonchev–Trinajstić information content (AvgIpc) is 2.91. The Morgan fingerprint density at radius 2 is 1.95 bits per heavy atom. The number of aromatic amines is 2. The Bertz CT molecular complexity index is 864. The fourth-order valence-electron chi connectivity index (χ4n) is 2.41. The second-order valence-corrected chi connectivity index (χ2v) is 7.09. The zero-order chi connectivity index (χ0) is 15.1. The number of aryl methyl sites for hydroxylation is 2. The van der Waals surface area contributed by atoms with E-state index in [-0.39, 0.29) is 11.7 Å². The number of anilines is 1. The third-order valence-electron chi connectivity index (χ3n) is 3.31. The van der Waals surface area contributed by atoms with Crippen molar-refractivity contribution in [1.29, 1.82) is 0 Å². The molecule has 110 valence electrons. The summed E-state index contributed by atoms with van der Waals surface area (Å²) in [5.74, 6) is 0. The van der Waals surface area contributed by atoms with Crippen LogP contribution in [0.2, 0.25) is 0 Å². The summed E-state index contributed by atoms with van der Waals surface area (Å²) in [4.78, 5) is 22.6. The zero-order valence-electron chi connectivity index (χ0n) is 11.9. The van der Waals surface area contributed by atoms with Gasteiger partial charge in [-0.05, 0) is 48.8 Å². The lowest BCUT2D eigenvalue weighted by Crippen LogP contribution is -2.06. The third kappa shape index (κ3) is 2.75. The van der Waals surface area contributed by atoms with Crippen LogP contribution in [0.4, 0.5) is 5.69 Å². The van der Waals surface area contributed by atoms with E-state index in [0.29, 0.717) is 0 Å². The molecule has 0 aliphatic rings. The molecule has 0 amide bonds. The summed E-state index contributed by atoms with van der Waals surface area (Å²) in [6.45, 7) is 6.15. The number of thiazole rings is 1. The van der Waals surface area contributed by atoms with Crippen LogP contribution >= 0.6 is 27.3 Å². The highest BCUT2D eigenvalue weighted by Crippen LogP contribution is 2.32. The Balaban J connectivity index is 1.95. The maximum atomic E-state index is 11.3. The molecule has 1 aromatic carbocycles. The Morgan fingerprint density at radius 3 is 2.57 bits per heavy atom. The van der Waals surface area contributed by atoms with Gasteiger partial charge in [-0.3, -0.25) is 0 Å². The molecule has 3 aromatic rings. The molecule has 0 aliphatic heterocycles. The first-order chi connectivity index (χ1) is 9.94. The van der Waals surface area contributed by atoms with Gasteiger partial charge in [0.2, 0.25) is 0 Å². The first-order valence-electron chi connectivity index (χ1n) is 6.56. The summed E-state index contributed by atoms with van der Waals surface area (Å²) < 4.78 is 0.913. The number of nitrogens with zero attached hydrogens (tertiary/aromatic N) is 1. The quantitative estimate of drug-likeness (QED) is 0.658. The minimum atomic E-state index is -0.198. The monoisotopic (exact) mass is 366 g/mol. The van der Waals surface area contributed by atoms with Crippen molar-refractivity contribution in [2.75, 3.05) is 5.32 Å². The van der Waals surface area contributed by atoms with Crippen LogP contribution in [0.1, 0.15) is 28.5 Å². The number of imidazole rings is 1. The fraction of sp³-hybridized carbons (Fsp3) is 0.286. The molecule has 0 bridgehead atoms. The molecule has 0 spiro atoms. The van der Waals surface area contributed by atoms with Crippen LogP contribution in [0.3, 0.4) is 0 Å². The summed E-state index contributed by atoms with van der Waals surface area (Å²) in [5, 5.41) is 4.54. The Labute approximate surface area is 133 Å². The zero-order valence-corrected chi connectivity index (χ0v) is 14.3. The van der Waals surface area contributed by atoms with Crippen molar-refractivity contribution in [3.05, 3.63) is 42.7 Å². The number of fused-ring (bicyclic) bond motifs is 1. The molecule has 3 rings (SSSR count). The van der Waals surface area contributed by atoms with Gasteiger partial charge in [0.15, 0.2) is 0 Å². The van der Waals surface area contributed by atoms with Gasteiger partial charge in [-0.1, -0.05) is 0 Å². The Kier molecular flexibility index (Phi) is 3.62. The number of rotatable bonds is 3. The lowest BCUT2D eigenvalue weighted by atomic mass is 10.2. The highest BCUT2D eigenvalue weighted by Gasteiger charge is 2.14. The molecule has 2 heterocycles. The fourth-order valence-corrected chi connectivity index (χ4v) is 3.80. The number of benzene rings is 1. The molecule has 0 saturated heterocycles. The molecule has 1 unspecified atom stereocenters. The predicted molar refractivity (Wildman–Crippen MR) is 90.2 cm³/mol. The molecule has 0 fully saturated rings. The molecule has 0 saturated carbocycles. The highest BCUT2D eigenvalue weighted by molar-refractivity contribution is 9.10. The van der Waals surface area contributed by atoms with Gasteiger partial charge in [-0.25, -0.2) is 9.78 Å². The van der Waals surface area contributed by atoms with Gasteiger partial charge >= 0.3 is 5.69 Å². The standard InChI is InChI=1S/C14H15BrN4OS/c1-6-13(21-8(3)16-6)7(2)17-10-5-12-11(4-9(10)15)18-14(20)19-12/h4-5,7,17H,1-3H3,(H2,18,19,20). The predicted octanol–water partition coefficient (Wildman–Crippen LogP) is 3.87. The number of nitrogens with one attached hydrogen (secondary N) is 3. The molecule has 1 atom stereocenters. The van der Waals surface area contributed by atoms with Crippen molar-refractivity contribution in [2.24, 2.45) is 0 Å². The smallest absolute Gasteiger partial charge is 0.323 e. The third-order valence-corrected chi connectivity index (χ3v) is 5.22. The molecular formula is C14H15BrN4OS. The van der Waals surface area contributed by atoms with E-state index >= 15 is 0 Å². The van der Waals surface area contributed by atoms with Crippen molar-refractivity contribution < 1.29 is 0 Å². The summed E-state index contributed by atoms with van der Waals surface area (Å²) >= 11 is 5.24.